The van der Waals surface area contributed by atoms with Gasteiger partial charge in [-0.05, 0) is 37.3 Å². The number of amides is 1. The van der Waals surface area contributed by atoms with Crippen molar-refractivity contribution in [1.29, 1.82) is 0 Å². The fraction of sp³-hybridized carbons (Fsp3) is 0.188. The maximum absolute atomic E-state index is 13.6. The summed E-state index contributed by atoms with van der Waals surface area (Å²) in [7, 11) is 0. The van der Waals surface area contributed by atoms with Crippen LogP contribution >= 0.6 is 0 Å². The van der Waals surface area contributed by atoms with E-state index in [1.807, 2.05) is 0 Å². The number of nitrogens with two attached hydrogens (primary N) is 1. The summed E-state index contributed by atoms with van der Waals surface area (Å²) in [5.41, 5.74) is 6.92. The molecule has 0 unspecified atom stereocenters. The molecule has 5 nitrogen and oxygen atoms in total. The summed E-state index contributed by atoms with van der Waals surface area (Å²) < 4.78 is 28.7. The lowest BCUT2D eigenvalue weighted by molar-refractivity contribution is 0.0214. The van der Waals surface area contributed by atoms with E-state index in [0.717, 1.165) is 6.92 Å². The number of nitrogens with zero attached hydrogens (tertiary/aromatic N) is 3. The van der Waals surface area contributed by atoms with Crippen molar-refractivity contribution in [3.05, 3.63) is 54.0 Å². The van der Waals surface area contributed by atoms with Crippen LogP contribution in [-0.2, 0) is 6.42 Å². The van der Waals surface area contributed by atoms with Crippen LogP contribution in [0.25, 0.3) is 16.6 Å². The lowest BCUT2D eigenvalue weighted by atomic mass is 10.1. The normalized spacial score (nSPS) is 11.8. The van der Waals surface area contributed by atoms with Gasteiger partial charge < -0.3 is 5.73 Å². The minimum Gasteiger partial charge on any atom is -0.366 e. The first-order chi connectivity index (χ1) is 10.8. The Morgan fingerprint density at radius 3 is 2.74 bits per heavy atom. The highest BCUT2D eigenvalue weighted by atomic mass is 19.3. The topological polar surface area (TPSA) is 73.8 Å². The zero-order chi connectivity index (χ0) is 16.6. The molecule has 0 radical (unpaired) electrons. The number of alkyl halides is 2. The number of carbonyl (C=O) groups is 1. The van der Waals surface area contributed by atoms with Crippen molar-refractivity contribution in [3.8, 4) is 5.69 Å². The Morgan fingerprint density at radius 1 is 1.35 bits per heavy atom. The molecule has 3 rings (SSSR count). The van der Waals surface area contributed by atoms with E-state index in [-0.39, 0.29) is 5.56 Å². The minimum absolute atomic E-state index is 0.254. The van der Waals surface area contributed by atoms with E-state index in [9.17, 15) is 13.6 Å². The van der Waals surface area contributed by atoms with Crippen molar-refractivity contribution < 1.29 is 13.6 Å². The summed E-state index contributed by atoms with van der Waals surface area (Å²) >= 11 is 0. The van der Waals surface area contributed by atoms with Gasteiger partial charge in [0.05, 0.1) is 29.5 Å². The fourth-order valence-electron chi connectivity index (χ4n) is 2.45. The fourth-order valence-corrected chi connectivity index (χ4v) is 2.45. The van der Waals surface area contributed by atoms with Crippen LogP contribution in [0.4, 0.5) is 8.78 Å². The third-order valence-electron chi connectivity index (χ3n) is 3.42. The minimum atomic E-state index is -2.92. The molecule has 0 saturated carbocycles. The van der Waals surface area contributed by atoms with Gasteiger partial charge in [0.2, 0.25) is 5.91 Å². The van der Waals surface area contributed by atoms with Crippen LogP contribution in [0.3, 0.4) is 0 Å². The Morgan fingerprint density at radius 2 is 2.13 bits per heavy atom. The average molecular weight is 316 g/mol. The van der Waals surface area contributed by atoms with Gasteiger partial charge in [0.1, 0.15) is 0 Å². The van der Waals surface area contributed by atoms with Crippen molar-refractivity contribution in [2.24, 2.45) is 5.73 Å². The SMILES string of the molecule is CC(F)(F)Cc1c2cc(C(N)=O)ccc2nn1-c1cccnc1. The van der Waals surface area contributed by atoms with Gasteiger partial charge in [0, 0.05) is 17.1 Å². The van der Waals surface area contributed by atoms with Crippen LogP contribution in [0.15, 0.2) is 42.7 Å². The molecule has 2 aromatic heterocycles. The molecule has 0 spiro atoms. The molecule has 118 valence electrons. The molecule has 23 heavy (non-hydrogen) atoms. The lowest BCUT2D eigenvalue weighted by Crippen LogP contribution is -2.17. The third kappa shape index (κ3) is 3.03. The highest BCUT2D eigenvalue weighted by Gasteiger charge is 2.27. The molecule has 1 aromatic carbocycles. The molecular formula is C16H14F2N4O. The van der Waals surface area contributed by atoms with Crippen LogP contribution in [0.5, 0.6) is 0 Å². The second-order valence-electron chi connectivity index (χ2n) is 5.41. The van der Waals surface area contributed by atoms with Crippen molar-refractivity contribution in [3.63, 3.8) is 0 Å². The Bertz CT molecular complexity index is 869. The van der Waals surface area contributed by atoms with E-state index in [0.29, 0.717) is 22.3 Å². The Balaban J connectivity index is 2.26. The first-order valence-electron chi connectivity index (χ1n) is 6.95. The monoisotopic (exact) mass is 316 g/mol. The Labute approximate surface area is 130 Å². The maximum atomic E-state index is 13.6. The van der Waals surface area contributed by atoms with E-state index < -0.39 is 18.3 Å². The molecule has 0 aliphatic rings. The van der Waals surface area contributed by atoms with E-state index in [4.69, 9.17) is 5.73 Å². The second kappa shape index (κ2) is 5.42. The first kappa shape index (κ1) is 15.1. The molecule has 0 bridgehead atoms. The van der Waals surface area contributed by atoms with Crippen molar-refractivity contribution in [2.75, 3.05) is 0 Å². The van der Waals surface area contributed by atoms with Gasteiger partial charge in [-0.1, -0.05) is 0 Å². The molecule has 0 saturated heterocycles. The van der Waals surface area contributed by atoms with E-state index in [2.05, 4.69) is 10.1 Å². The van der Waals surface area contributed by atoms with E-state index in [1.54, 1.807) is 24.4 Å². The third-order valence-corrected chi connectivity index (χ3v) is 3.42. The lowest BCUT2D eigenvalue weighted by Gasteiger charge is -2.12. The van der Waals surface area contributed by atoms with Gasteiger partial charge in [-0.15, -0.1) is 0 Å². The summed E-state index contributed by atoms with van der Waals surface area (Å²) in [5.74, 6) is -3.54. The average Bonchev–Trinajstić information content (AvgIpc) is 2.84. The molecule has 0 aliphatic carbocycles. The predicted octanol–water partition coefficient (Wildman–Crippen LogP) is 2.72. The molecule has 2 heterocycles. The summed E-state index contributed by atoms with van der Waals surface area (Å²) in [6, 6.07) is 8.05. The number of fused-ring (bicyclic) bond motifs is 1. The van der Waals surface area contributed by atoms with Crippen LogP contribution < -0.4 is 5.73 Å². The van der Waals surface area contributed by atoms with Crippen LogP contribution in [0.1, 0.15) is 23.0 Å². The second-order valence-corrected chi connectivity index (χ2v) is 5.41. The number of hydrogen-bond acceptors (Lipinski definition) is 3. The standard InChI is InChI=1S/C16H14F2N4O/c1-16(17,18)8-14-12-7-10(15(19)23)4-5-13(12)21-22(14)11-3-2-6-20-9-11/h2-7,9H,8H2,1H3,(H2,19,23). The van der Waals surface area contributed by atoms with Gasteiger partial charge in [-0.25, -0.2) is 13.5 Å². The molecular weight excluding hydrogens is 302 g/mol. The van der Waals surface area contributed by atoms with Gasteiger partial charge in [-0.2, -0.15) is 5.10 Å². The van der Waals surface area contributed by atoms with E-state index >= 15 is 0 Å². The molecule has 2 N–H and O–H groups in total. The first-order valence-corrected chi connectivity index (χ1v) is 6.95. The number of hydrogen-bond donors (Lipinski definition) is 1. The van der Waals surface area contributed by atoms with Crippen LogP contribution in [0.2, 0.25) is 0 Å². The largest absolute Gasteiger partial charge is 0.366 e. The zero-order valence-electron chi connectivity index (χ0n) is 12.3. The maximum Gasteiger partial charge on any atom is 0.250 e. The predicted molar refractivity (Wildman–Crippen MR) is 81.7 cm³/mol. The highest BCUT2D eigenvalue weighted by Crippen LogP contribution is 2.28. The quantitative estimate of drug-likeness (QED) is 0.804. The summed E-state index contributed by atoms with van der Waals surface area (Å²) in [6.07, 6.45) is 2.62. The van der Waals surface area contributed by atoms with Gasteiger partial charge in [0.25, 0.3) is 5.92 Å². The highest BCUT2D eigenvalue weighted by molar-refractivity contribution is 5.97. The van der Waals surface area contributed by atoms with Crippen molar-refractivity contribution >= 4 is 16.8 Å². The number of pyridine rings is 1. The number of aromatic nitrogens is 3. The molecule has 7 heteroatoms. The number of halogens is 2. The Hall–Kier alpha value is -2.83. The number of benzene rings is 1. The van der Waals surface area contributed by atoms with Gasteiger partial charge >= 0.3 is 0 Å². The van der Waals surface area contributed by atoms with E-state index in [1.165, 1.54) is 23.0 Å². The molecule has 0 fully saturated rings. The molecule has 0 atom stereocenters. The summed E-state index contributed by atoms with van der Waals surface area (Å²) in [5, 5.41) is 4.84. The summed E-state index contributed by atoms with van der Waals surface area (Å²) in [4.78, 5) is 15.3. The number of primary amides is 1. The number of rotatable bonds is 4. The van der Waals surface area contributed by atoms with Crippen LogP contribution in [0, 0.1) is 0 Å². The van der Waals surface area contributed by atoms with Crippen LogP contribution in [-0.4, -0.2) is 26.6 Å². The van der Waals surface area contributed by atoms with Crippen molar-refractivity contribution in [1.82, 2.24) is 14.8 Å². The van der Waals surface area contributed by atoms with Crippen molar-refractivity contribution in [2.45, 2.75) is 19.3 Å². The van der Waals surface area contributed by atoms with Gasteiger partial charge in [-0.3, -0.25) is 9.78 Å². The zero-order valence-corrected chi connectivity index (χ0v) is 12.3. The smallest absolute Gasteiger partial charge is 0.250 e. The Kier molecular flexibility index (Phi) is 3.55. The molecule has 1 amide bonds. The number of carbonyl (C=O) groups excluding carboxylic acids is 1. The summed E-state index contributed by atoms with van der Waals surface area (Å²) in [6.45, 7) is 0.845. The molecule has 3 aromatic rings. The molecule has 0 aliphatic heterocycles. The van der Waals surface area contributed by atoms with Gasteiger partial charge in [0.15, 0.2) is 0 Å².